The average molecular weight is 286 g/mol. The largest absolute Gasteiger partial charge is 0.382 e. The Morgan fingerprint density at radius 2 is 2.24 bits per heavy atom. The zero-order chi connectivity index (χ0) is 14.7. The van der Waals surface area contributed by atoms with Gasteiger partial charge in [0.1, 0.15) is 11.5 Å². The van der Waals surface area contributed by atoms with Crippen molar-refractivity contribution in [2.75, 3.05) is 18.8 Å². The van der Waals surface area contributed by atoms with Gasteiger partial charge in [0.2, 0.25) is 0 Å². The van der Waals surface area contributed by atoms with Gasteiger partial charge >= 0.3 is 0 Å². The van der Waals surface area contributed by atoms with E-state index in [1.807, 2.05) is 4.90 Å². The van der Waals surface area contributed by atoms with Crippen LogP contribution in [-0.2, 0) is 6.42 Å². The minimum Gasteiger partial charge on any atom is -0.382 e. The molecule has 1 fully saturated rings. The van der Waals surface area contributed by atoms with Gasteiger partial charge < -0.3 is 10.6 Å². The predicted octanol–water partition coefficient (Wildman–Crippen LogP) is 0.877. The number of aromatic nitrogens is 4. The third-order valence-electron chi connectivity index (χ3n) is 3.83. The van der Waals surface area contributed by atoms with Gasteiger partial charge in [-0.25, -0.2) is 4.98 Å². The van der Waals surface area contributed by atoms with E-state index in [-0.39, 0.29) is 5.91 Å². The van der Waals surface area contributed by atoms with E-state index in [4.69, 9.17) is 5.73 Å². The highest BCUT2D eigenvalue weighted by molar-refractivity contribution is 5.92. The third kappa shape index (κ3) is 3.01. The maximum atomic E-state index is 12.3. The molecule has 1 atom stereocenters. The monoisotopic (exact) mass is 286 g/mol. The number of carbonyl (C=O) groups excluding carboxylic acids is 1. The van der Waals surface area contributed by atoms with E-state index in [1.54, 1.807) is 24.7 Å². The summed E-state index contributed by atoms with van der Waals surface area (Å²) in [6.45, 7) is 1.50. The topological polar surface area (TPSA) is 101 Å². The minimum atomic E-state index is 0.00400. The van der Waals surface area contributed by atoms with Crippen molar-refractivity contribution in [1.29, 1.82) is 0 Å². The van der Waals surface area contributed by atoms with Gasteiger partial charge in [-0.2, -0.15) is 5.10 Å². The van der Waals surface area contributed by atoms with E-state index in [2.05, 4.69) is 20.2 Å². The number of likely N-dealkylation sites (tertiary alicyclic amines) is 1. The number of rotatable bonds is 3. The van der Waals surface area contributed by atoms with Gasteiger partial charge in [0.15, 0.2) is 0 Å². The van der Waals surface area contributed by atoms with E-state index in [1.165, 1.54) is 0 Å². The Morgan fingerprint density at radius 1 is 1.38 bits per heavy atom. The summed E-state index contributed by atoms with van der Waals surface area (Å²) in [5, 5.41) is 6.55. The van der Waals surface area contributed by atoms with Crippen LogP contribution >= 0.6 is 0 Å². The summed E-state index contributed by atoms with van der Waals surface area (Å²) in [4.78, 5) is 22.5. The van der Waals surface area contributed by atoms with Gasteiger partial charge in [0.05, 0.1) is 5.69 Å². The van der Waals surface area contributed by atoms with E-state index in [0.29, 0.717) is 24.0 Å². The fourth-order valence-electron chi connectivity index (χ4n) is 2.77. The molecular formula is C14H18N6O. The van der Waals surface area contributed by atoms with Crippen molar-refractivity contribution < 1.29 is 4.79 Å². The first-order valence-electron chi connectivity index (χ1n) is 7.08. The van der Waals surface area contributed by atoms with Crippen LogP contribution < -0.4 is 5.73 Å². The van der Waals surface area contributed by atoms with Crippen molar-refractivity contribution in [2.45, 2.75) is 19.3 Å². The van der Waals surface area contributed by atoms with Crippen molar-refractivity contribution >= 4 is 11.7 Å². The standard InChI is InChI=1S/C14H18N6O/c15-13-12(16-5-6-17-13)8-10-2-1-7-20(9-10)14(21)11-3-4-18-19-11/h3-6,10H,1-2,7-9H2,(H2,15,17)(H,18,19)/t10-/m1/s1. The van der Waals surface area contributed by atoms with E-state index in [9.17, 15) is 4.79 Å². The fraction of sp³-hybridized carbons (Fsp3) is 0.429. The highest BCUT2D eigenvalue weighted by Crippen LogP contribution is 2.22. The number of anilines is 1. The first-order chi connectivity index (χ1) is 10.2. The minimum absolute atomic E-state index is 0.00400. The molecule has 3 rings (SSSR count). The van der Waals surface area contributed by atoms with Crippen LogP contribution in [0.4, 0.5) is 5.82 Å². The summed E-state index contributed by atoms with van der Waals surface area (Å²) in [5.41, 5.74) is 7.20. The second kappa shape index (κ2) is 5.90. The number of hydrogen-bond acceptors (Lipinski definition) is 5. The molecule has 0 radical (unpaired) electrons. The molecule has 2 aromatic rings. The Morgan fingerprint density at radius 3 is 3.00 bits per heavy atom. The first kappa shape index (κ1) is 13.5. The van der Waals surface area contributed by atoms with Crippen molar-refractivity contribution in [3.8, 4) is 0 Å². The number of nitrogens with two attached hydrogens (primary N) is 1. The fourth-order valence-corrected chi connectivity index (χ4v) is 2.77. The number of piperidine rings is 1. The Balaban J connectivity index is 1.66. The SMILES string of the molecule is Nc1nccnc1C[C@H]1CCCN(C(=O)c2ccn[nH]2)C1. The van der Waals surface area contributed by atoms with Crippen molar-refractivity contribution in [3.63, 3.8) is 0 Å². The molecule has 7 nitrogen and oxygen atoms in total. The number of nitrogens with zero attached hydrogens (tertiary/aromatic N) is 4. The highest BCUT2D eigenvalue weighted by Gasteiger charge is 2.26. The van der Waals surface area contributed by atoms with Gasteiger partial charge in [-0.3, -0.25) is 14.9 Å². The molecule has 0 aliphatic carbocycles. The van der Waals surface area contributed by atoms with Crippen LogP contribution in [0, 0.1) is 5.92 Å². The van der Waals surface area contributed by atoms with Gasteiger partial charge in [0, 0.05) is 31.7 Å². The zero-order valence-electron chi connectivity index (χ0n) is 11.7. The van der Waals surface area contributed by atoms with Gasteiger partial charge in [-0.15, -0.1) is 0 Å². The normalized spacial score (nSPS) is 18.7. The van der Waals surface area contributed by atoms with Crippen LogP contribution in [0.15, 0.2) is 24.7 Å². The quantitative estimate of drug-likeness (QED) is 0.872. The Hall–Kier alpha value is -2.44. The van der Waals surface area contributed by atoms with Crippen molar-refractivity contribution in [1.82, 2.24) is 25.1 Å². The summed E-state index contributed by atoms with van der Waals surface area (Å²) >= 11 is 0. The zero-order valence-corrected chi connectivity index (χ0v) is 11.7. The van der Waals surface area contributed by atoms with Crippen molar-refractivity contribution in [3.05, 3.63) is 36.0 Å². The van der Waals surface area contributed by atoms with Crippen LogP contribution in [0.25, 0.3) is 0 Å². The maximum absolute atomic E-state index is 12.3. The van der Waals surface area contributed by atoms with E-state index in [0.717, 1.165) is 31.5 Å². The smallest absolute Gasteiger partial charge is 0.271 e. The molecule has 110 valence electrons. The van der Waals surface area contributed by atoms with Crippen LogP contribution in [0.1, 0.15) is 29.0 Å². The van der Waals surface area contributed by atoms with Crippen LogP contribution in [0.3, 0.4) is 0 Å². The lowest BCUT2D eigenvalue weighted by molar-refractivity contribution is 0.0667. The average Bonchev–Trinajstić information content (AvgIpc) is 3.03. The number of amides is 1. The van der Waals surface area contributed by atoms with Gasteiger partial charge in [-0.05, 0) is 31.2 Å². The van der Waals surface area contributed by atoms with Crippen LogP contribution in [0.5, 0.6) is 0 Å². The number of aromatic amines is 1. The van der Waals surface area contributed by atoms with E-state index < -0.39 is 0 Å². The second-order valence-electron chi connectivity index (χ2n) is 5.32. The van der Waals surface area contributed by atoms with Crippen LogP contribution in [-0.4, -0.2) is 44.1 Å². The van der Waals surface area contributed by atoms with Gasteiger partial charge in [-0.1, -0.05) is 0 Å². The predicted molar refractivity (Wildman–Crippen MR) is 77.4 cm³/mol. The number of hydrogen-bond donors (Lipinski definition) is 2. The van der Waals surface area contributed by atoms with Crippen molar-refractivity contribution in [2.24, 2.45) is 5.92 Å². The molecule has 2 aromatic heterocycles. The molecule has 0 bridgehead atoms. The molecule has 3 N–H and O–H groups in total. The summed E-state index contributed by atoms with van der Waals surface area (Å²) in [5.74, 6) is 0.850. The number of carbonyl (C=O) groups is 1. The number of nitrogen functional groups attached to an aromatic ring is 1. The molecule has 1 amide bonds. The highest BCUT2D eigenvalue weighted by atomic mass is 16.2. The Bertz CT molecular complexity index is 612. The molecule has 0 saturated carbocycles. The molecule has 0 spiro atoms. The van der Waals surface area contributed by atoms with Crippen LogP contribution in [0.2, 0.25) is 0 Å². The molecule has 0 unspecified atom stereocenters. The number of H-pyrrole nitrogens is 1. The third-order valence-corrected chi connectivity index (χ3v) is 3.83. The molecule has 0 aromatic carbocycles. The lowest BCUT2D eigenvalue weighted by Crippen LogP contribution is -2.40. The number of nitrogens with one attached hydrogen (secondary N) is 1. The molecule has 1 aliphatic rings. The molecule has 1 aliphatic heterocycles. The Labute approximate surface area is 122 Å². The van der Waals surface area contributed by atoms with E-state index >= 15 is 0 Å². The molecular weight excluding hydrogens is 268 g/mol. The summed E-state index contributed by atoms with van der Waals surface area (Å²) < 4.78 is 0. The van der Waals surface area contributed by atoms with Gasteiger partial charge in [0.25, 0.3) is 5.91 Å². The summed E-state index contributed by atoms with van der Waals surface area (Å²) in [7, 11) is 0. The Kier molecular flexibility index (Phi) is 3.81. The molecule has 3 heterocycles. The maximum Gasteiger partial charge on any atom is 0.271 e. The lowest BCUT2D eigenvalue weighted by Gasteiger charge is -2.32. The second-order valence-corrected chi connectivity index (χ2v) is 5.32. The summed E-state index contributed by atoms with van der Waals surface area (Å²) in [6.07, 6.45) is 7.66. The summed E-state index contributed by atoms with van der Waals surface area (Å²) in [6, 6.07) is 1.70. The molecule has 21 heavy (non-hydrogen) atoms. The molecule has 1 saturated heterocycles. The molecule has 7 heteroatoms. The lowest BCUT2D eigenvalue weighted by atomic mass is 9.93. The first-order valence-corrected chi connectivity index (χ1v) is 7.08.